The second-order valence-electron chi connectivity index (χ2n) is 5.52. The minimum Gasteiger partial charge on any atom is -0.449 e. The maximum Gasteiger partial charge on any atom is 0.246 e. The van der Waals surface area contributed by atoms with E-state index in [4.69, 9.17) is 15.2 Å². The molecule has 1 aromatic rings. The van der Waals surface area contributed by atoms with Gasteiger partial charge in [-0.05, 0) is 18.1 Å². The Morgan fingerprint density at radius 1 is 1.26 bits per heavy atom. The Bertz CT molecular complexity index is 497. The van der Waals surface area contributed by atoms with Gasteiger partial charge in [0.25, 0.3) is 0 Å². The number of hydrogen-bond acceptors (Lipinski definition) is 4. The van der Waals surface area contributed by atoms with Crippen LogP contribution >= 0.6 is 0 Å². The number of fused-ring (bicyclic) bond motifs is 1. The molecule has 2 rings (SSSR count). The highest BCUT2D eigenvalue weighted by Crippen LogP contribution is 2.40. The highest BCUT2D eigenvalue weighted by molar-refractivity contribution is 5.95. The summed E-state index contributed by atoms with van der Waals surface area (Å²) in [4.78, 5) is 11.9. The molecule has 3 N–H and O–H groups in total. The molecule has 1 aliphatic heterocycles. The number of nitrogens with one attached hydrogen (secondary N) is 1. The first-order chi connectivity index (χ1) is 8.78. The van der Waals surface area contributed by atoms with Gasteiger partial charge in [-0.1, -0.05) is 13.8 Å². The van der Waals surface area contributed by atoms with Crippen molar-refractivity contribution in [3.8, 4) is 11.5 Å². The van der Waals surface area contributed by atoms with E-state index in [1.54, 1.807) is 18.2 Å². The first-order valence-corrected chi connectivity index (χ1v) is 6.37. The van der Waals surface area contributed by atoms with Crippen molar-refractivity contribution in [1.82, 2.24) is 0 Å². The molecule has 1 amide bonds. The monoisotopic (exact) mass is 264 g/mol. The van der Waals surface area contributed by atoms with Crippen LogP contribution in [0.3, 0.4) is 0 Å². The van der Waals surface area contributed by atoms with Crippen LogP contribution in [0.1, 0.15) is 27.7 Å². The first kappa shape index (κ1) is 13.7. The van der Waals surface area contributed by atoms with E-state index in [0.717, 1.165) is 0 Å². The summed E-state index contributed by atoms with van der Waals surface area (Å²) in [5.41, 5.74) is 6.45. The Morgan fingerprint density at radius 2 is 1.89 bits per heavy atom. The normalized spacial score (nSPS) is 17.4. The summed E-state index contributed by atoms with van der Waals surface area (Å²) in [5, 5.41) is 2.78. The number of benzene rings is 1. The van der Waals surface area contributed by atoms with Gasteiger partial charge in [0, 0.05) is 25.6 Å². The Kier molecular flexibility index (Phi) is 3.41. The molecule has 1 atom stereocenters. The number of carbonyl (C=O) groups excluding carboxylic acids is 1. The van der Waals surface area contributed by atoms with Gasteiger partial charge in [0.05, 0.1) is 6.04 Å². The molecular weight excluding hydrogens is 244 g/mol. The molecule has 1 aliphatic rings. The number of hydrogen-bond donors (Lipinski definition) is 2. The molecule has 19 heavy (non-hydrogen) atoms. The van der Waals surface area contributed by atoms with Gasteiger partial charge in [-0.15, -0.1) is 0 Å². The van der Waals surface area contributed by atoms with E-state index in [0.29, 0.717) is 17.2 Å². The predicted molar refractivity (Wildman–Crippen MR) is 73.2 cm³/mol. The molecule has 5 nitrogen and oxygen atoms in total. The van der Waals surface area contributed by atoms with Crippen molar-refractivity contribution in [3.63, 3.8) is 0 Å². The Labute approximate surface area is 113 Å². The highest BCUT2D eigenvalue weighted by Gasteiger charge is 2.31. The summed E-state index contributed by atoms with van der Waals surface area (Å²) in [7, 11) is 0. The fourth-order valence-corrected chi connectivity index (χ4v) is 1.83. The van der Waals surface area contributed by atoms with Gasteiger partial charge in [0.2, 0.25) is 11.7 Å². The van der Waals surface area contributed by atoms with Crippen molar-refractivity contribution >= 4 is 11.6 Å². The molecule has 1 heterocycles. The summed E-state index contributed by atoms with van der Waals surface area (Å²) in [6.07, 6.45) is 0. The summed E-state index contributed by atoms with van der Waals surface area (Å²) in [5.74, 6) is 0.525. The Morgan fingerprint density at radius 3 is 2.53 bits per heavy atom. The minimum absolute atomic E-state index is 0.0907. The van der Waals surface area contributed by atoms with Gasteiger partial charge in [-0.25, -0.2) is 0 Å². The van der Waals surface area contributed by atoms with Crippen LogP contribution in [0, 0.1) is 5.92 Å². The predicted octanol–water partition coefficient (Wildman–Crippen LogP) is 2.12. The fraction of sp³-hybridized carbons (Fsp3) is 0.500. The Hall–Kier alpha value is -1.75. The van der Waals surface area contributed by atoms with Crippen LogP contribution in [0.4, 0.5) is 5.69 Å². The van der Waals surface area contributed by atoms with Crippen molar-refractivity contribution in [3.05, 3.63) is 18.2 Å². The molecule has 104 valence electrons. The van der Waals surface area contributed by atoms with Crippen molar-refractivity contribution in [1.29, 1.82) is 0 Å². The topological polar surface area (TPSA) is 73.6 Å². The molecular formula is C14H20N2O3. The molecule has 0 unspecified atom stereocenters. The molecule has 5 heteroatoms. The second-order valence-corrected chi connectivity index (χ2v) is 5.52. The number of carbonyl (C=O) groups is 1. The molecule has 0 saturated heterocycles. The van der Waals surface area contributed by atoms with Gasteiger partial charge < -0.3 is 20.5 Å². The average molecular weight is 264 g/mol. The maximum absolute atomic E-state index is 11.9. The van der Waals surface area contributed by atoms with E-state index in [9.17, 15) is 4.79 Å². The standard InChI is InChI=1S/C14H20N2O3/c1-8(2)12(15)13(17)16-9-5-6-10-11(7-9)19-14(3,4)18-10/h5-8,12H,15H2,1-4H3,(H,16,17)/t12-/m0/s1. The largest absolute Gasteiger partial charge is 0.449 e. The quantitative estimate of drug-likeness (QED) is 0.877. The van der Waals surface area contributed by atoms with Crippen LogP contribution in [0.15, 0.2) is 18.2 Å². The van der Waals surface area contributed by atoms with E-state index in [-0.39, 0.29) is 11.8 Å². The highest BCUT2D eigenvalue weighted by atomic mass is 16.7. The zero-order valence-electron chi connectivity index (χ0n) is 11.7. The minimum atomic E-state index is -0.667. The lowest BCUT2D eigenvalue weighted by atomic mass is 10.0. The van der Waals surface area contributed by atoms with Gasteiger partial charge in [0.1, 0.15) is 0 Å². The lowest BCUT2D eigenvalue weighted by molar-refractivity contribution is -0.118. The molecule has 1 aromatic carbocycles. The van der Waals surface area contributed by atoms with E-state index >= 15 is 0 Å². The number of anilines is 1. The van der Waals surface area contributed by atoms with Crippen molar-refractivity contribution in [2.45, 2.75) is 39.5 Å². The number of ether oxygens (including phenoxy) is 2. The molecule has 0 aromatic heterocycles. The Balaban J connectivity index is 2.11. The summed E-state index contributed by atoms with van der Waals surface area (Å²) >= 11 is 0. The zero-order valence-corrected chi connectivity index (χ0v) is 11.7. The van der Waals surface area contributed by atoms with E-state index in [1.807, 2.05) is 27.7 Å². The van der Waals surface area contributed by atoms with Crippen LogP contribution in [0.5, 0.6) is 11.5 Å². The number of amides is 1. The smallest absolute Gasteiger partial charge is 0.246 e. The van der Waals surface area contributed by atoms with Crippen molar-refractivity contribution in [2.75, 3.05) is 5.32 Å². The molecule has 0 radical (unpaired) electrons. The van der Waals surface area contributed by atoms with Crippen LogP contribution in [0.25, 0.3) is 0 Å². The van der Waals surface area contributed by atoms with Crippen LogP contribution in [-0.4, -0.2) is 17.7 Å². The number of rotatable bonds is 3. The maximum atomic E-state index is 11.9. The van der Waals surface area contributed by atoms with E-state index in [2.05, 4.69) is 5.32 Å². The van der Waals surface area contributed by atoms with Crippen LogP contribution in [0.2, 0.25) is 0 Å². The van der Waals surface area contributed by atoms with Crippen molar-refractivity contribution < 1.29 is 14.3 Å². The van der Waals surface area contributed by atoms with Gasteiger partial charge in [0.15, 0.2) is 11.5 Å². The third-order valence-corrected chi connectivity index (χ3v) is 2.94. The molecule has 0 spiro atoms. The summed E-state index contributed by atoms with van der Waals surface area (Å²) in [6, 6.07) is 4.77. The van der Waals surface area contributed by atoms with Crippen molar-refractivity contribution in [2.24, 2.45) is 11.7 Å². The van der Waals surface area contributed by atoms with Gasteiger partial charge in [-0.3, -0.25) is 4.79 Å². The molecule has 0 fully saturated rings. The lowest BCUT2D eigenvalue weighted by Crippen LogP contribution is -2.39. The summed E-state index contributed by atoms with van der Waals surface area (Å²) < 4.78 is 11.2. The third kappa shape index (κ3) is 2.98. The van der Waals surface area contributed by atoms with E-state index < -0.39 is 11.8 Å². The van der Waals surface area contributed by atoms with E-state index in [1.165, 1.54) is 0 Å². The third-order valence-electron chi connectivity index (χ3n) is 2.94. The average Bonchev–Trinajstić information content (AvgIpc) is 2.60. The summed E-state index contributed by atoms with van der Waals surface area (Å²) in [6.45, 7) is 7.48. The fourth-order valence-electron chi connectivity index (χ4n) is 1.83. The lowest BCUT2D eigenvalue weighted by Gasteiger charge is -2.16. The SMILES string of the molecule is CC(C)[C@H](N)C(=O)Nc1ccc2c(c1)OC(C)(C)O2. The van der Waals surface area contributed by atoms with Crippen LogP contribution in [-0.2, 0) is 4.79 Å². The second kappa shape index (κ2) is 4.74. The zero-order chi connectivity index (χ0) is 14.2. The van der Waals surface area contributed by atoms with Gasteiger partial charge in [-0.2, -0.15) is 0 Å². The molecule has 0 bridgehead atoms. The van der Waals surface area contributed by atoms with Crippen LogP contribution < -0.4 is 20.5 Å². The van der Waals surface area contributed by atoms with Gasteiger partial charge >= 0.3 is 0 Å². The molecule has 0 aliphatic carbocycles. The molecule has 0 saturated carbocycles. The number of nitrogens with two attached hydrogens (primary N) is 1. The first-order valence-electron chi connectivity index (χ1n) is 6.37.